The van der Waals surface area contributed by atoms with Gasteiger partial charge in [0.1, 0.15) is 11.4 Å². The van der Waals surface area contributed by atoms with Crippen molar-refractivity contribution in [1.29, 1.82) is 0 Å². The zero-order chi connectivity index (χ0) is 19.1. The number of benzene rings is 2. The monoisotopic (exact) mass is 386 g/mol. The molecule has 5 rings (SSSR count). The molecule has 0 aliphatic carbocycles. The van der Waals surface area contributed by atoms with E-state index in [0.717, 1.165) is 44.9 Å². The average molecular weight is 387 g/mol. The van der Waals surface area contributed by atoms with Crippen molar-refractivity contribution in [3.63, 3.8) is 0 Å². The Balaban J connectivity index is 1.83. The molecule has 0 aliphatic rings. The first kappa shape index (κ1) is 16.7. The maximum absolute atomic E-state index is 6.05. The maximum Gasteiger partial charge on any atom is 0.170 e. The van der Waals surface area contributed by atoms with Gasteiger partial charge in [0.15, 0.2) is 11.5 Å². The average Bonchev–Trinajstić information content (AvgIpc) is 3.19. The molecule has 0 saturated heterocycles. The first-order valence-corrected chi connectivity index (χ1v) is 9.15. The molecule has 0 atom stereocenters. The van der Waals surface area contributed by atoms with E-state index in [1.807, 2.05) is 65.1 Å². The summed E-state index contributed by atoms with van der Waals surface area (Å²) < 4.78 is 7.28. The van der Waals surface area contributed by atoms with Crippen molar-refractivity contribution >= 4 is 28.3 Å². The number of nitrogens with zero attached hydrogens (tertiary/aromatic N) is 4. The van der Waals surface area contributed by atoms with Crippen LogP contribution in [0.15, 0.2) is 72.9 Å². The fraction of sp³-hybridized carbons (Fsp3) is 0.0455. The molecule has 6 heteroatoms. The third-order valence-corrected chi connectivity index (χ3v) is 4.99. The molecule has 0 aliphatic heterocycles. The van der Waals surface area contributed by atoms with E-state index >= 15 is 0 Å². The lowest BCUT2D eigenvalue weighted by atomic mass is 10.1. The van der Waals surface area contributed by atoms with Gasteiger partial charge in [-0.25, -0.2) is 4.98 Å². The zero-order valence-electron chi connectivity index (χ0n) is 15.0. The molecule has 0 fully saturated rings. The van der Waals surface area contributed by atoms with Crippen LogP contribution in [0.4, 0.5) is 0 Å². The van der Waals surface area contributed by atoms with E-state index in [0.29, 0.717) is 5.02 Å². The Hall–Kier alpha value is -3.44. The van der Waals surface area contributed by atoms with Gasteiger partial charge in [-0.3, -0.25) is 4.40 Å². The molecule has 0 bridgehead atoms. The Morgan fingerprint density at radius 3 is 2.36 bits per heavy atom. The van der Waals surface area contributed by atoms with E-state index in [4.69, 9.17) is 16.3 Å². The van der Waals surface area contributed by atoms with Crippen molar-refractivity contribution in [2.24, 2.45) is 0 Å². The summed E-state index contributed by atoms with van der Waals surface area (Å²) in [6.45, 7) is 0. The van der Waals surface area contributed by atoms with Crippen molar-refractivity contribution in [3.05, 3.63) is 77.9 Å². The van der Waals surface area contributed by atoms with Gasteiger partial charge in [-0.05, 0) is 60.2 Å². The summed E-state index contributed by atoms with van der Waals surface area (Å²) in [5.74, 6) is 1.54. The lowest BCUT2D eigenvalue weighted by Gasteiger charge is -2.09. The minimum absolute atomic E-state index is 0.680. The van der Waals surface area contributed by atoms with Gasteiger partial charge >= 0.3 is 0 Å². The minimum atomic E-state index is 0.680. The summed E-state index contributed by atoms with van der Waals surface area (Å²) in [7, 11) is 1.66. The fourth-order valence-electron chi connectivity index (χ4n) is 3.36. The van der Waals surface area contributed by atoms with Crippen LogP contribution in [0, 0.1) is 0 Å². The Kier molecular flexibility index (Phi) is 3.95. The van der Waals surface area contributed by atoms with Crippen LogP contribution >= 0.6 is 11.6 Å². The molecule has 3 aromatic heterocycles. The fourth-order valence-corrected chi connectivity index (χ4v) is 3.48. The molecule has 0 spiro atoms. The highest BCUT2D eigenvalue weighted by Crippen LogP contribution is 2.32. The van der Waals surface area contributed by atoms with Crippen LogP contribution in [0.5, 0.6) is 5.75 Å². The standard InChI is InChI=1S/C22H15ClN4O/c1-28-18-10-6-14(7-11-18)19-13-16-3-2-12-24-20(16)27-21(25-26-22(19)27)15-4-8-17(23)9-5-15/h2-13H,1H3. The Morgan fingerprint density at radius 2 is 1.61 bits per heavy atom. The second-order valence-electron chi connectivity index (χ2n) is 6.39. The number of fused-ring (bicyclic) bond motifs is 3. The van der Waals surface area contributed by atoms with Crippen LogP contribution < -0.4 is 4.74 Å². The molecule has 0 radical (unpaired) electrons. The van der Waals surface area contributed by atoms with Crippen molar-refractivity contribution in [3.8, 4) is 28.3 Å². The number of aromatic nitrogens is 4. The van der Waals surface area contributed by atoms with Gasteiger partial charge in [0.2, 0.25) is 0 Å². The third kappa shape index (κ3) is 2.68. The smallest absolute Gasteiger partial charge is 0.170 e. The van der Waals surface area contributed by atoms with Gasteiger partial charge in [0.25, 0.3) is 0 Å². The normalized spacial score (nSPS) is 11.2. The molecule has 5 aromatic rings. The predicted octanol–water partition coefficient (Wildman–Crippen LogP) is 5.27. The number of hydrogen-bond acceptors (Lipinski definition) is 4. The molecule has 0 N–H and O–H groups in total. The molecule has 2 aromatic carbocycles. The quantitative estimate of drug-likeness (QED) is 0.423. The Labute approximate surface area is 166 Å². The Bertz CT molecular complexity index is 1290. The largest absolute Gasteiger partial charge is 0.497 e. The van der Waals surface area contributed by atoms with Crippen LogP contribution in [-0.4, -0.2) is 26.7 Å². The van der Waals surface area contributed by atoms with Crippen LogP contribution in [0.2, 0.25) is 5.02 Å². The van der Waals surface area contributed by atoms with Gasteiger partial charge in [0, 0.05) is 27.7 Å². The first-order valence-electron chi connectivity index (χ1n) is 8.78. The zero-order valence-corrected chi connectivity index (χ0v) is 15.8. The summed E-state index contributed by atoms with van der Waals surface area (Å²) in [5, 5.41) is 10.7. The van der Waals surface area contributed by atoms with Gasteiger partial charge in [-0.15, -0.1) is 10.2 Å². The highest BCUT2D eigenvalue weighted by atomic mass is 35.5. The summed E-state index contributed by atoms with van der Waals surface area (Å²) in [6, 6.07) is 21.6. The highest BCUT2D eigenvalue weighted by Gasteiger charge is 2.16. The summed E-state index contributed by atoms with van der Waals surface area (Å²) in [6.07, 6.45) is 1.78. The van der Waals surface area contributed by atoms with E-state index in [9.17, 15) is 0 Å². The first-order chi connectivity index (χ1) is 13.7. The highest BCUT2D eigenvalue weighted by molar-refractivity contribution is 6.30. The summed E-state index contributed by atoms with van der Waals surface area (Å²) in [5.41, 5.74) is 4.50. The second kappa shape index (κ2) is 6.62. The van der Waals surface area contributed by atoms with E-state index < -0.39 is 0 Å². The number of ether oxygens (including phenoxy) is 1. The number of hydrogen-bond donors (Lipinski definition) is 0. The summed E-state index contributed by atoms with van der Waals surface area (Å²) >= 11 is 6.05. The van der Waals surface area contributed by atoms with Gasteiger partial charge in [-0.2, -0.15) is 0 Å². The number of methoxy groups -OCH3 is 1. The van der Waals surface area contributed by atoms with E-state index in [1.54, 1.807) is 13.3 Å². The molecular weight excluding hydrogens is 372 g/mol. The van der Waals surface area contributed by atoms with Gasteiger partial charge in [0.05, 0.1) is 7.11 Å². The van der Waals surface area contributed by atoms with Crippen LogP contribution in [-0.2, 0) is 0 Å². The van der Waals surface area contributed by atoms with Crippen molar-refractivity contribution in [1.82, 2.24) is 19.6 Å². The topological polar surface area (TPSA) is 52.3 Å². The predicted molar refractivity (Wildman–Crippen MR) is 111 cm³/mol. The number of pyridine rings is 2. The van der Waals surface area contributed by atoms with Crippen LogP contribution in [0.3, 0.4) is 0 Å². The molecule has 0 unspecified atom stereocenters. The molecule has 0 amide bonds. The third-order valence-electron chi connectivity index (χ3n) is 4.74. The van der Waals surface area contributed by atoms with E-state index in [-0.39, 0.29) is 0 Å². The van der Waals surface area contributed by atoms with Crippen molar-refractivity contribution in [2.45, 2.75) is 0 Å². The van der Waals surface area contributed by atoms with Gasteiger partial charge < -0.3 is 4.74 Å². The van der Waals surface area contributed by atoms with Crippen molar-refractivity contribution < 1.29 is 4.74 Å². The molecule has 136 valence electrons. The lowest BCUT2D eigenvalue weighted by Crippen LogP contribution is -1.97. The molecule has 3 heterocycles. The van der Waals surface area contributed by atoms with E-state index in [2.05, 4.69) is 21.2 Å². The lowest BCUT2D eigenvalue weighted by molar-refractivity contribution is 0.415. The molecule has 0 saturated carbocycles. The minimum Gasteiger partial charge on any atom is -0.497 e. The maximum atomic E-state index is 6.05. The SMILES string of the molecule is COc1ccc(-c2cc3cccnc3n3c(-c4ccc(Cl)cc4)nnc23)cc1. The molecular formula is C22H15ClN4O. The van der Waals surface area contributed by atoms with Crippen molar-refractivity contribution in [2.75, 3.05) is 7.11 Å². The summed E-state index contributed by atoms with van der Waals surface area (Å²) in [4.78, 5) is 4.58. The number of halogens is 1. The van der Waals surface area contributed by atoms with Crippen LogP contribution in [0.25, 0.3) is 39.2 Å². The molecule has 28 heavy (non-hydrogen) atoms. The molecule has 5 nitrogen and oxygen atoms in total. The second-order valence-corrected chi connectivity index (χ2v) is 6.83. The van der Waals surface area contributed by atoms with Gasteiger partial charge in [-0.1, -0.05) is 23.7 Å². The number of rotatable bonds is 3. The van der Waals surface area contributed by atoms with Crippen LogP contribution in [0.1, 0.15) is 0 Å². The Morgan fingerprint density at radius 1 is 0.857 bits per heavy atom. The van der Waals surface area contributed by atoms with E-state index in [1.165, 1.54) is 0 Å².